The highest BCUT2D eigenvalue weighted by Gasteiger charge is 2.15. The van der Waals surface area contributed by atoms with E-state index in [1.807, 2.05) is 0 Å². The molecule has 2 heterocycles. The molecule has 0 bridgehead atoms. The first-order chi connectivity index (χ1) is 8.31. The first-order valence-corrected chi connectivity index (χ1v) is 6.46. The van der Waals surface area contributed by atoms with Crippen LogP contribution >= 0.6 is 11.3 Å². The van der Waals surface area contributed by atoms with Crippen molar-refractivity contribution >= 4 is 28.1 Å². The van der Waals surface area contributed by atoms with E-state index in [1.165, 1.54) is 29.6 Å². The zero-order valence-electron chi connectivity index (χ0n) is 9.31. The van der Waals surface area contributed by atoms with E-state index in [1.54, 1.807) is 17.5 Å². The Kier molecular flexibility index (Phi) is 2.64. The summed E-state index contributed by atoms with van der Waals surface area (Å²) in [6.45, 7) is 0. The van der Waals surface area contributed by atoms with Crippen LogP contribution in [0.15, 0.2) is 12.4 Å². The number of thiazole rings is 1. The minimum atomic E-state index is 0.425. The molecule has 2 aromatic rings. The monoisotopic (exact) mass is 247 g/mol. The Hall–Kier alpha value is -1.69. The molecular formula is C11H13N5S. The summed E-state index contributed by atoms with van der Waals surface area (Å²) in [7, 11) is 0. The van der Waals surface area contributed by atoms with Gasteiger partial charge in [-0.1, -0.05) is 0 Å². The van der Waals surface area contributed by atoms with Gasteiger partial charge in [0.2, 0.25) is 0 Å². The van der Waals surface area contributed by atoms with E-state index in [-0.39, 0.29) is 0 Å². The van der Waals surface area contributed by atoms with Gasteiger partial charge in [-0.25, -0.2) is 15.0 Å². The second-order valence-corrected chi connectivity index (χ2v) is 5.13. The molecule has 5 nitrogen and oxygen atoms in total. The molecule has 0 saturated heterocycles. The standard InChI is InChI=1S/C11H13N5S/c12-9-5-14-10(6-13-9)16-11-15-7-3-1-2-4-8(7)17-11/h5-6H,1-4H2,(H2,12,13)(H,14,15,16). The van der Waals surface area contributed by atoms with E-state index in [9.17, 15) is 0 Å². The Bertz CT molecular complexity index is 496. The molecule has 0 atom stereocenters. The molecule has 17 heavy (non-hydrogen) atoms. The van der Waals surface area contributed by atoms with E-state index in [2.05, 4.69) is 20.3 Å². The summed E-state index contributed by atoms with van der Waals surface area (Å²) in [5.74, 6) is 1.11. The third-order valence-electron chi connectivity index (χ3n) is 2.75. The Morgan fingerprint density at radius 3 is 2.82 bits per heavy atom. The maximum Gasteiger partial charge on any atom is 0.188 e. The summed E-state index contributed by atoms with van der Waals surface area (Å²) in [5, 5.41) is 4.07. The highest BCUT2D eigenvalue weighted by atomic mass is 32.1. The van der Waals surface area contributed by atoms with Crippen LogP contribution in [0.3, 0.4) is 0 Å². The molecule has 2 aromatic heterocycles. The van der Waals surface area contributed by atoms with Gasteiger partial charge in [0.05, 0.1) is 18.1 Å². The number of rotatable bonds is 2. The maximum absolute atomic E-state index is 5.49. The number of aryl methyl sites for hydroxylation is 2. The van der Waals surface area contributed by atoms with E-state index < -0.39 is 0 Å². The summed E-state index contributed by atoms with van der Waals surface area (Å²) in [4.78, 5) is 14.1. The minimum Gasteiger partial charge on any atom is -0.382 e. The Morgan fingerprint density at radius 1 is 1.18 bits per heavy atom. The first-order valence-electron chi connectivity index (χ1n) is 5.64. The zero-order chi connectivity index (χ0) is 11.7. The van der Waals surface area contributed by atoms with Crippen LogP contribution in [0.4, 0.5) is 16.8 Å². The van der Waals surface area contributed by atoms with Crippen molar-refractivity contribution < 1.29 is 0 Å². The Labute approximate surface area is 103 Å². The van der Waals surface area contributed by atoms with Gasteiger partial charge >= 0.3 is 0 Å². The van der Waals surface area contributed by atoms with Crippen LogP contribution in [-0.4, -0.2) is 15.0 Å². The lowest BCUT2D eigenvalue weighted by atomic mass is 10.0. The predicted molar refractivity (Wildman–Crippen MR) is 68.5 cm³/mol. The number of nitrogen functional groups attached to an aromatic ring is 1. The second kappa shape index (κ2) is 4.29. The number of hydrogen-bond donors (Lipinski definition) is 2. The van der Waals surface area contributed by atoms with Crippen molar-refractivity contribution in [2.45, 2.75) is 25.7 Å². The van der Waals surface area contributed by atoms with Crippen LogP contribution in [0.25, 0.3) is 0 Å². The van der Waals surface area contributed by atoms with Crippen molar-refractivity contribution in [1.29, 1.82) is 0 Å². The molecule has 0 aliphatic heterocycles. The molecule has 0 radical (unpaired) electrons. The third kappa shape index (κ3) is 2.21. The molecule has 1 aliphatic rings. The van der Waals surface area contributed by atoms with Gasteiger partial charge in [0, 0.05) is 4.88 Å². The molecule has 0 saturated carbocycles. The van der Waals surface area contributed by atoms with Crippen molar-refractivity contribution in [3.63, 3.8) is 0 Å². The molecule has 1 aliphatic carbocycles. The zero-order valence-corrected chi connectivity index (χ0v) is 10.1. The summed E-state index contributed by atoms with van der Waals surface area (Å²) in [6.07, 6.45) is 7.93. The number of anilines is 3. The highest BCUT2D eigenvalue weighted by Crippen LogP contribution is 2.30. The molecule has 88 valence electrons. The van der Waals surface area contributed by atoms with Crippen LogP contribution in [0.2, 0.25) is 0 Å². The molecular weight excluding hydrogens is 234 g/mol. The lowest BCUT2D eigenvalue weighted by Crippen LogP contribution is -1.99. The van der Waals surface area contributed by atoms with Gasteiger partial charge in [-0.05, 0) is 25.7 Å². The van der Waals surface area contributed by atoms with Gasteiger partial charge < -0.3 is 11.1 Å². The van der Waals surface area contributed by atoms with Crippen molar-refractivity contribution in [1.82, 2.24) is 15.0 Å². The topological polar surface area (TPSA) is 76.7 Å². The number of nitrogens with one attached hydrogen (secondary N) is 1. The second-order valence-electron chi connectivity index (χ2n) is 4.05. The fraction of sp³-hybridized carbons (Fsp3) is 0.364. The summed E-state index contributed by atoms with van der Waals surface area (Å²) >= 11 is 1.71. The van der Waals surface area contributed by atoms with Crippen LogP contribution < -0.4 is 11.1 Å². The van der Waals surface area contributed by atoms with E-state index in [0.29, 0.717) is 11.6 Å². The number of aromatic nitrogens is 3. The smallest absolute Gasteiger partial charge is 0.188 e. The molecule has 3 rings (SSSR count). The molecule has 3 N–H and O–H groups in total. The van der Waals surface area contributed by atoms with Crippen molar-refractivity contribution in [2.75, 3.05) is 11.1 Å². The SMILES string of the molecule is Nc1cnc(Nc2nc3c(s2)CCCC3)cn1. The van der Waals surface area contributed by atoms with Gasteiger partial charge in [0.25, 0.3) is 0 Å². The van der Waals surface area contributed by atoms with E-state index in [4.69, 9.17) is 5.73 Å². The van der Waals surface area contributed by atoms with Gasteiger partial charge in [-0.2, -0.15) is 0 Å². The highest BCUT2D eigenvalue weighted by molar-refractivity contribution is 7.15. The molecule has 0 unspecified atom stereocenters. The molecule has 0 fully saturated rings. The van der Waals surface area contributed by atoms with Crippen LogP contribution in [-0.2, 0) is 12.8 Å². The number of fused-ring (bicyclic) bond motifs is 1. The fourth-order valence-electron chi connectivity index (χ4n) is 1.92. The fourth-order valence-corrected chi connectivity index (χ4v) is 2.97. The molecule has 6 heteroatoms. The summed E-state index contributed by atoms with van der Waals surface area (Å²) in [5.41, 5.74) is 6.73. The number of nitrogens with two attached hydrogens (primary N) is 1. The van der Waals surface area contributed by atoms with Crippen LogP contribution in [0, 0.1) is 0 Å². The normalized spacial score (nSPS) is 14.4. The average Bonchev–Trinajstić information content (AvgIpc) is 2.74. The molecule has 0 aromatic carbocycles. The Balaban J connectivity index is 1.80. The number of hydrogen-bond acceptors (Lipinski definition) is 6. The van der Waals surface area contributed by atoms with Gasteiger partial charge in [0.1, 0.15) is 5.82 Å². The number of nitrogens with zero attached hydrogens (tertiary/aromatic N) is 3. The summed E-state index contributed by atoms with van der Waals surface area (Å²) in [6, 6.07) is 0. The van der Waals surface area contributed by atoms with Crippen molar-refractivity contribution in [2.24, 2.45) is 0 Å². The van der Waals surface area contributed by atoms with Crippen molar-refractivity contribution in [3.8, 4) is 0 Å². The lowest BCUT2D eigenvalue weighted by molar-refractivity contribution is 0.683. The Morgan fingerprint density at radius 2 is 2.06 bits per heavy atom. The van der Waals surface area contributed by atoms with Crippen LogP contribution in [0.5, 0.6) is 0 Å². The van der Waals surface area contributed by atoms with Gasteiger partial charge in [-0.15, -0.1) is 11.3 Å². The maximum atomic E-state index is 5.49. The third-order valence-corrected chi connectivity index (χ3v) is 3.83. The first kappa shape index (κ1) is 10.5. The molecule has 0 amide bonds. The van der Waals surface area contributed by atoms with E-state index in [0.717, 1.165) is 18.0 Å². The molecule has 0 spiro atoms. The summed E-state index contributed by atoms with van der Waals surface area (Å²) < 4.78 is 0. The van der Waals surface area contributed by atoms with E-state index >= 15 is 0 Å². The largest absolute Gasteiger partial charge is 0.382 e. The van der Waals surface area contributed by atoms with Crippen molar-refractivity contribution in [3.05, 3.63) is 23.0 Å². The van der Waals surface area contributed by atoms with Gasteiger partial charge in [-0.3, -0.25) is 0 Å². The van der Waals surface area contributed by atoms with Crippen LogP contribution in [0.1, 0.15) is 23.4 Å². The quantitative estimate of drug-likeness (QED) is 0.850. The average molecular weight is 247 g/mol. The lowest BCUT2D eigenvalue weighted by Gasteiger charge is -2.06. The van der Waals surface area contributed by atoms with Gasteiger partial charge in [0.15, 0.2) is 10.9 Å². The minimum absolute atomic E-state index is 0.425. The predicted octanol–water partition coefficient (Wildman–Crippen LogP) is 2.14.